The van der Waals surface area contributed by atoms with Gasteiger partial charge >= 0.3 is 0 Å². The predicted molar refractivity (Wildman–Crippen MR) is 62.3 cm³/mol. The summed E-state index contributed by atoms with van der Waals surface area (Å²) >= 11 is 1.60. The number of furan rings is 1. The van der Waals surface area contributed by atoms with E-state index in [0.29, 0.717) is 16.4 Å². The van der Waals surface area contributed by atoms with Gasteiger partial charge in [-0.3, -0.25) is 0 Å². The third-order valence-electron chi connectivity index (χ3n) is 2.37. The quantitative estimate of drug-likeness (QED) is 0.763. The van der Waals surface area contributed by atoms with Gasteiger partial charge in [-0.2, -0.15) is 0 Å². The second-order valence-corrected chi connectivity index (χ2v) is 4.99. The summed E-state index contributed by atoms with van der Waals surface area (Å²) < 4.78 is 10.8. The summed E-state index contributed by atoms with van der Waals surface area (Å²) in [7, 11) is 0. The molecule has 0 saturated heterocycles. The Kier molecular flexibility index (Phi) is 3.33. The zero-order valence-electron chi connectivity index (χ0n) is 9.56. The van der Waals surface area contributed by atoms with Crippen LogP contribution in [0.5, 0.6) is 0 Å². The summed E-state index contributed by atoms with van der Waals surface area (Å²) in [6.07, 6.45) is 2.70. The average Bonchev–Trinajstić information content (AvgIpc) is 2.86. The number of thioether (sulfide) groups is 1. The van der Waals surface area contributed by atoms with Crippen LogP contribution in [0.1, 0.15) is 26.0 Å². The largest absolute Gasteiger partial charge is 0.469 e. The van der Waals surface area contributed by atoms with E-state index < -0.39 is 0 Å². The summed E-state index contributed by atoms with van der Waals surface area (Å²) in [5.74, 6) is 1.32. The van der Waals surface area contributed by atoms with Crippen molar-refractivity contribution in [3.63, 3.8) is 0 Å². The molecule has 0 saturated carbocycles. The Morgan fingerprint density at radius 1 is 1.44 bits per heavy atom. The van der Waals surface area contributed by atoms with Crippen LogP contribution in [0, 0.1) is 6.92 Å². The highest BCUT2D eigenvalue weighted by Crippen LogP contribution is 2.28. The van der Waals surface area contributed by atoms with Crippen molar-refractivity contribution in [1.29, 1.82) is 0 Å². The van der Waals surface area contributed by atoms with Crippen molar-refractivity contribution in [1.82, 2.24) is 10.2 Å². The molecule has 2 aromatic rings. The van der Waals surface area contributed by atoms with Crippen LogP contribution in [0.25, 0.3) is 11.5 Å². The van der Waals surface area contributed by atoms with E-state index in [9.17, 15) is 0 Å². The highest BCUT2D eigenvalue weighted by Gasteiger charge is 2.14. The molecular weight excluding hydrogens is 224 g/mol. The first-order chi connectivity index (χ1) is 7.70. The van der Waals surface area contributed by atoms with Gasteiger partial charge in [-0.15, -0.1) is 10.2 Å². The van der Waals surface area contributed by atoms with Crippen LogP contribution >= 0.6 is 11.8 Å². The van der Waals surface area contributed by atoms with Crippen molar-refractivity contribution in [2.75, 3.05) is 0 Å². The average molecular weight is 238 g/mol. The van der Waals surface area contributed by atoms with Crippen LogP contribution in [-0.2, 0) is 0 Å². The Morgan fingerprint density at radius 2 is 2.25 bits per heavy atom. The minimum atomic E-state index is 0.485. The molecule has 0 aliphatic rings. The van der Waals surface area contributed by atoms with Crippen LogP contribution < -0.4 is 0 Å². The Morgan fingerprint density at radius 3 is 2.88 bits per heavy atom. The van der Waals surface area contributed by atoms with Crippen LogP contribution in [0.4, 0.5) is 0 Å². The van der Waals surface area contributed by atoms with E-state index in [4.69, 9.17) is 8.83 Å². The molecule has 86 valence electrons. The first-order valence-corrected chi connectivity index (χ1v) is 6.13. The van der Waals surface area contributed by atoms with E-state index in [1.165, 1.54) is 0 Å². The molecule has 0 fully saturated rings. The molecule has 0 unspecified atom stereocenters. The van der Waals surface area contributed by atoms with E-state index in [1.54, 1.807) is 18.0 Å². The van der Waals surface area contributed by atoms with Crippen molar-refractivity contribution >= 4 is 11.8 Å². The zero-order valence-corrected chi connectivity index (χ0v) is 10.4. The fourth-order valence-electron chi connectivity index (χ4n) is 1.23. The number of hydrogen-bond acceptors (Lipinski definition) is 5. The topological polar surface area (TPSA) is 52.1 Å². The first kappa shape index (κ1) is 11.3. The number of rotatable bonds is 4. The third-order valence-corrected chi connectivity index (χ3v) is 3.47. The molecule has 0 radical (unpaired) electrons. The van der Waals surface area contributed by atoms with Gasteiger partial charge in [0.15, 0.2) is 0 Å². The van der Waals surface area contributed by atoms with Crippen molar-refractivity contribution in [3.8, 4) is 11.5 Å². The monoisotopic (exact) mass is 238 g/mol. The standard InChI is InChI=1S/C11H14N2O2S/c1-4-7(2)16-11-13-12-10(15-11)9-5-6-14-8(9)3/h5-7H,4H2,1-3H3/t7-/m1/s1. The minimum absolute atomic E-state index is 0.485. The molecule has 2 aromatic heterocycles. The SMILES string of the molecule is CC[C@@H](C)Sc1nnc(-c2ccoc2C)o1. The molecule has 4 nitrogen and oxygen atoms in total. The molecule has 0 spiro atoms. The summed E-state index contributed by atoms with van der Waals surface area (Å²) in [6.45, 7) is 6.15. The smallest absolute Gasteiger partial charge is 0.277 e. The lowest BCUT2D eigenvalue weighted by Gasteiger charge is -2.01. The number of hydrogen-bond donors (Lipinski definition) is 0. The van der Waals surface area contributed by atoms with Gasteiger partial charge in [0, 0.05) is 5.25 Å². The van der Waals surface area contributed by atoms with E-state index in [1.807, 2.05) is 13.0 Å². The Bertz CT molecular complexity index is 464. The molecule has 0 bridgehead atoms. The minimum Gasteiger partial charge on any atom is -0.469 e. The van der Waals surface area contributed by atoms with Gasteiger partial charge in [-0.1, -0.05) is 25.6 Å². The van der Waals surface area contributed by atoms with Gasteiger partial charge in [0.05, 0.1) is 11.8 Å². The van der Waals surface area contributed by atoms with E-state index in [-0.39, 0.29) is 0 Å². The van der Waals surface area contributed by atoms with Crippen LogP contribution in [-0.4, -0.2) is 15.4 Å². The van der Waals surface area contributed by atoms with Gasteiger partial charge in [0.1, 0.15) is 5.76 Å². The number of aryl methyl sites for hydroxylation is 1. The summed E-state index contributed by atoms with van der Waals surface area (Å²) in [5, 5.41) is 9.12. The Balaban J connectivity index is 2.17. The van der Waals surface area contributed by atoms with Gasteiger partial charge in [-0.25, -0.2) is 0 Å². The highest BCUT2D eigenvalue weighted by molar-refractivity contribution is 7.99. The van der Waals surface area contributed by atoms with E-state index in [2.05, 4.69) is 24.0 Å². The molecule has 2 heterocycles. The molecule has 0 aromatic carbocycles. The van der Waals surface area contributed by atoms with Crippen LogP contribution in [0.15, 0.2) is 26.4 Å². The summed E-state index contributed by atoms with van der Waals surface area (Å²) in [4.78, 5) is 0. The lowest BCUT2D eigenvalue weighted by molar-refractivity contribution is 0.462. The van der Waals surface area contributed by atoms with Crippen LogP contribution in [0.2, 0.25) is 0 Å². The molecule has 0 N–H and O–H groups in total. The van der Waals surface area contributed by atoms with Crippen molar-refractivity contribution in [3.05, 3.63) is 18.1 Å². The van der Waals surface area contributed by atoms with Gasteiger partial charge in [0.2, 0.25) is 0 Å². The Hall–Kier alpha value is -1.23. The normalized spacial score (nSPS) is 12.9. The maximum Gasteiger partial charge on any atom is 0.277 e. The fraction of sp³-hybridized carbons (Fsp3) is 0.455. The zero-order chi connectivity index (χ0) is 11.5. The van der Waals surface area contributed by atoms with Crippen molar-refractivity contribution in [2.45, 2.75) is 37.7 Å². The van der Waals surface area contributed by atoms with Gasteiger partial charge in [-0.05, 0) is 19.4 Å². The third kappa shape index (κ3) is 2.29. The first-order valence-electron chi connectivity index (χ1n) is 5.25. The summed E-state index contributed by atoms with van der Waals surface area (Å²) in [5.41, 5.74) is 0.864. The Labute approximate surface area is 98.4 Å². The molecular formula is C11H14N2O2S. The molecule has 0 aliphatic carbocycles. The maximum atomic E-state index is 5.56. The molecule has 0 amide bonds. The van der Waals surface area contributed by atoms with E-state index >= 15 is 0 Å². The second-order valence-electron chi connectivity index (χ2n) is 3.60. The van der Waals surface area contributed by atoms with Gasteiger partial charge in [0.25, 0.3) is 11.1 Å². The summed E-state index contributed by atoms with van der Waals surface area (Å²) in [6, 6.07) is 1.83. The highest BCUT2D eigenvalue weighted by atomic mass is 32.2. The molecule has 5 heteroatoms. The predicted octanol–water partition coefficient (Wildman–Crippen LogP) is 3.53. The van der Waals surface area contributed by atoms with E-state index in [0.717, 1.165) is 17.7 Å². The molecule has 2 rings (SSSR count). The number of aromatic nitrogens is 2. The lowest BCUT2D eigenvalue weighted by atomic mass is 10.3. The molecule has 16 heavy (non-hydrogen) atoms. The second kappa shape index (κ2) is 4.74. The van der Waals surface area contributed by atoms with Crippen LogP contribution in [0.3, 0.4) is 0 Å². The molecule has 1 atom stereocenters. The fourth-order valence-corrected chi connectivity index (χ4v) is 1.95. The lowest BCUT2D eigenvalue weighted by Crippen LogP contribution is -1.91. The van der Waals surface area contributed by atoms with Crippen molar-refractivity contribution < 1.29 is 8.83 Å². The van der Waals surface area contributed by atoms with Gasteiger partial charge < -0.3 is 8.83 Å². The molecule has 0 aliphatic heterocycles. The maximum absolute atomic E-state index is 5.56. The van der Waals surface area contributed by atoms with Crippen molar-refractivity contribution in [2.24, 2.45) is 0 Å². The number of nitrogens with zero attached hydrogens (tertiary/aromatic N) is 2.